The third kappa shape index (κ3) is 7.07. The van der Waals surface area contributed by atoms with E-state index in [4.69, 9.17) is 14.2 Å². The van der Waals surface area contributed by atoms with E-state index in [0.29, 0.717) is 41.6 Å². The summed E-state index contributed by atoms with van der Waals surface area (Å²) in [5.74, 6) is 1.07. The van der Waals surface area contributed by atoms with Gasteiger partial charge in [0, 0.05) is 11.1 Å². The summed E-state index contributed by atoms with van der Waals surface area (Å²) in [6.07, 6.45) is 2.40. The quantitative estimate of drug-likeness (QED) is 0.316. The van der Waals surface area contributed by atoms with E-state index in [1.165, 1.54) is 12.3 Å². The van der Waals surface area contributed by atoms with Gasteiger partial charge in [-0.1, -0.05) is 25.1 Å². The number of hydrazone groups is 1. The van der Waals surface area contributed by atoms with Crippen LogP contribution >= 0.6 is 0 Å². The Balaban J connectivity index is 1.55. The maximum atomic E-state index is 13.7. The van der Waals surface area contributed by atoms with Crippen LogP contribution in [0.3, 0.4) is 0 Å². The number of hydrogen-bond donors (Lipinski definition) is 1. The van der Waals surface area contributed by atoms with Crippen molar-refractivity contribution in [3.8, 4) is 17.2 Å². The van der Waals surface area contributed by atoms with Crippen LogP contribution in [-0.4, -0.2) is 25.3 Å². The molecule has 1 amide bonds. The summed E-state index contributed by atoms with van der Waals surface area (Å²) in [6, 6.07) is 18.6. The van der Waals surface area contributed by atoms with E-state index in [2.05, 4.69) is 10.5 Å². The van der Waals surface area contributed by atoms with Crippen molar-refractivity contribution >= 4 is 12.1 Å². The van der Waals surface area contributed by atoms with E-state index in [1.807, 2.05) is 13.8 Å². The number of carbonyl (C=O) groups is 1. The van der Waals surface area contributed by atoms with E-state index in [-0.39, 0.29) is 18.3 Å². The zero-order chi connectivity index (χ0) is 23.5. The molecule has 7 heteroatoms. The van der Waals surface area contributed by atoms with Crippen molar-refractivity contribution in [2.75, 3.05) is 13.2 Å². The average molecular weight is 451 g/mol. The van der Waals surface area contributed by atoms with Gasteiger partial charge in [-0.25, -0.2) is 9.82 Å². The minimum Gasteiger partial charge on any atom is -0.490 e. The third-order valence-electron chi connectivity index (χ3n) is 4.58. The van der Waals surface area contributed by atoms with E-state index in [0.717, 1.165) is 12.0 Å². The lowest BCUT2D eigenvalue weighted by Crippen LogP contribution is -2.17. The number of rotatable bonds is 11. The Morgan fingerprint density at radius 1 is 0.970 bits per heavy atom. The van der Waals surface area contributed by atoms with Gasteiger partial charge in [0.1, 0.15) is 18.2 Å². The second-order valence-electron chi connectivity index (χ2n) is 7.09. The number of carbonyl (C=O) groups excluding carboxylic acids is 1. The Morgan fingerprint density at radius 3 is 2.48 bits per heavy atom. The van der Waals surface area contributed by atoms with Crippen molar-refractivity contribution in [3.63, 3.8) is 0 Å². The standard InChI is InChI=1S/C26H27FN2O4/c1-3-15-32-24-14-11-20(16-25(24)31-4-2)26(30)29-28-17-19-9-12-22(13-10-19)33-18-21-7-5-6-8-23(21)27/h5-14,16-17H,3-4,15,18H2,1-2H3,(H,29,30)/b28-17+. The molecule has 0 aliphatic heterocycles. The van der Waals surface area contributed by atoms with Gasteiger partial charge in [-0.3, -0.25) is 4.79 Å². The molecule has 33 heavy (non-hydrogen) atoms. The maximum Gasteiger partial charge on any atom is 0.271 e. The van der Waals surface area contributed by atoms with Gasteiger partial charge in [0.15, 0.2) is 11.5 Å². The molecule has 1 N–H and O–H groups in total. The van der Waals surface area contributed by atoms with Crippen molar-refractivity contribution in [1.29, 1.82) is 0 Å². The Hall–Kier alpha value is -3.87. The van der Waals surface area contributed by atoms with Crippen LogP contribution in [0.1, 0.15) is 41.8 Å². The highest BCUT2D eigenvalue weighted by Crippen LogP contribution is 2.28. The first kappa shape index (κ1) is 23.8. The van der Waals surface area contributed by atoms with Crippen LogP contribution in [0.2, 0.25) is 0 Å². The van der Waals surface area contributed by atoms with Gasteiger partial charge in [0.05, 0.1) is 19.4 Å². The molecule has 172 valence electrons. The maximum absolute atomic E-state index is 13.7. The number of hydrogen-bond acceptors (Lipinski definition) is 5. The highest BCUT2D eigenvalue weighted by molar-refractivity contribution is 5.95. The zero-order valence-corrected chi connectivity index (χ0v) is 18.7. The number of halogens is 1. The monoisotopic (exact) mass is 450 g/mol. The number of benzene rings is 3. The van der Waals surface area contributed by atoms with Crippen LogP contribution in [0.15, 0.2) is 71.8 Å². The molecule has 0 bridgehead atoms. The molecule has 6 nitrogen and oxygen atoms in total. The molecule has 0 radical (unpaired) electrons. The fourth-order valence-electron chi connectivity index (χ4n) is 2.91. The first-order valence-corrected chi connectivity index (χ1v) is 10.8. The molecular formula is C26H27FN2O4. The summed E-state index contributed by atoms with van der Waals surface area (Å²) in [7, 11) is 0. The molecule has 0 saturated carbocycles. The normalized spacial score (nSPS) is 10.8. The van der Waals surface area contributed by atoms with Gasteiger partial charge in [-0.15, -0.1) is 0 Å². The summed E-state index contributed by atoms with van der Waals surface area (Å²) in [5.41, 5.74) is 4.18. The molecule has 3 rings (SSSR count). The predicted molar refractivity (Wildman–Crippen MR) is 126 cm³/mol. The van der Waals surface area contributed by atoms with Gasteiger partial charge >= 0.3 is 0 Å². The first-order valence-electron chi connectivity index (χ1n) is 10.8. The van der Waals surface area contributed by atoms with Crippen molar-refractivity contribution in [3.05, 3.63) is 89.2 Å². The third-order valence-corrected chi connectivity index (χ3v) is 4.58. The van der Waals surface area contributed by atoms with Crippen LogP contribution in [0.4, 0.5) is 4.39 Å². The van der Waals surface area contributed by atoms with Crippen molar-refractivity contribution < 1.29 is 23.4 Å². The van der Waals surface area contributed by atoms with Crippen LogP contribution in [0, 0.1) is 5.82 Å². The topological polar surface area (TPSA) is 69.2 Å². The van der Waals surface area contributed by atoms with Gasteiger partial charge in [0.2, 0.25) is 0 Å². The van der Waals surface area contributed by atoms with Crippen LogP contribution in [0.25, 0.3) is 0 Å². The molecule has 3 aromatic rings. The van der Waals surface area contributed by atoms with E-state index in [1.54, 1.807) is 60.7 Å². The van der Waals surface area contributed by atoms with Gasteiger partial charge in [-0.05, 0) is 67.4 Å². The minimum atomic E-state index is -0.362. The number of amides is 1. The lowest BCUT2D eigenvalue weighted by Gasteiger charge is -2.12. The number of ether oxygens (including phenoxy) is 3. The molecule has 0 aliphatic carbocycles. The Morgan fingerprint density at radius 2 is 1.76 bits per heavy atom. The smallest absolute Gasteiger partial charge is 0.271 e. The lowest BCUT2D eigenvalue weighted by atomic mass is 10.2. The first-order chi connectivity index (χ1) is 16.1. The van der Waals surface area contributed by atoms with E-state index >= 15 is 0 Å². The predicted octanol–water partition coefficient (Wildman–Crippen LogP) is 5.36. The van der Waals surface area contributed by atoms with Crippen LogP contribution < -0.4 is 19.6 Å². The molecule has 3 aromatic carbocycles. The molecule has 0 heterocycles. The molecule has 0 atom stereocenters. The highest BCUT2D eigenvalue weighted by atomic mass is 19.1. The molecule has 0 aromatic heterocycles. The molecule has 0 unspecified atom stereocenters. The Labute approximate surface area is 193 Å². The second kappa shape index (κ2) is 12.2. The summed E-state index contributed by atoms with van der Waals surface area (Å²) in [6.45, 7) is 5.07. The molecule has 0 saturated heterocycles. The van der Waals surface area contributed by atoms with Gasteiger partial charge in [0.25, 0.3) is 5.91 Å². The van der Waals surface area contributed by atoms with Gasteiger partial charge in [-0.2, -0.15) is 5.10 Å². The van der Waals surface area contributed by atoms with E-state index < -0.39 is 0 Å². The van der Waals surface area contributed by atoms with Crippen LogP contribution in [-0.2, 0) is 6.61 Å². The summed E-state index contributed by atoms with van der Waals surface area (Å²) in [5, 5.41) is 4.01. The van der Waals surface area contributed by atoms with Crippen molar-refractivity contribution in [2.24, 2.45) is 5.10 Å². The highest BCUT2D eigenvalue weighted by Gasteiger charge is 2.11. The zero-order valence-electron chi connectivity index (χ0n) is 18.7. The molecule has 0 aliphatic rings. The molecule has 0 fully saturated rings. The van der Waals surface area contributed by atoms with Gasteiger partial charge < -0.3 is 14.2 Å². The number of nitrogens with zero attached hydrogens (tertiary/aromatic N) is 1. The van der Waals surface area contributed by atoms with E-state index in [9.17, 15) is 9.18 Å². The second-order valence-corrected chi connectivity index (χ2v) is 7.09. The summed E-state index contributed by atoms with van der Waals surface area (Å²) >= 11 is 0. The molecule has 0 spiro atoms. The van der Waals surface area contributed by atoms with Crippen molar-refractivity contribution in [1.82, 2.24) is 5.43 Å². The fourth-order valence-corrected chi connectivity index (χ4v) is 2.91. The average Bonchev–Trinajstić information content (AvgIpc) is 2.83. The Kier molecular flexibility index (Phi) is 8.82. The Bertz CT molecular complexity index is 1080. The van der Waals surface area contributed by atoms with Crippen molar-refractivity contribution in [2.45, 2.75) is 26.9 Å². The fraction of sp³-hybridized carbons (Fsp3) is 0.231. The SMILES string of the molecule is CCCOc1ccc(C(=O)N/N=C/c2ccc(OCc3ccccc3F)cc2)cc1OCC. The summed E-state index contributed by atoms with van der Waals surface area (Å²) < 4.78 is 30.5. The molecular weight excluding hydrogens is 423 g/mol. The lowest BCUT2D eigenvalue weighted by molar-refractivity contribution is 0.0954. The minimum absolute atomic E-state index is 0.141. The largest absolute Gasteiger partial charge is 0.490 e. The van der Waals surface area contributed by atoms with Crippen LogP contribution in [0.5, 0.6) is 17.2 Å². The number of nitrogens with one attached hydrogen (secondary N) is 1. The summed E-state index contributed by atoms with van der Waals surface area (Å²) in [4.78, 5) is 12.4.